The molecule has 29 heavy (non-hydrogen) atoms. The summed E-state index contributed by atoms with van der Waals surface area (Å²) < 4.78 is 38.5. The summed E-state index contributed by atoms with van der Waals surface area (Å²) in [5.74, 6) is -1.77. The van der Waals surface area contributed by atoms with Crippen LogP contribution in [-0.2, 0) is 26.0 Å². The van der Waals surface area contributed by atoms with Crippen molar-refractivity contribution in [2.75, 3.05) is 16.3 Å². The highest BCUT2D eigenvalue weighted by Crippen LogP contribution is 2.21. The molecule has 0 spiro atoms. The van der Waals surface area contributed by atoms with E-state index in [-0.39, 0.29) is 29.6 Å². The number of sulfonamides is 1. The number of hydrogen-bond donors (Lipinski definition) is 3. The molecule has 0 heterocycles. The highest BCUT2D eigenvalue weighted by Gasteiger charge is 2.24. The molecule has 2 rings (SSSR count). The molecule has 0 aromatic heterocycles. The zero-order valence-electron chi connectivity index (χ0n) is 16.4. The van der Waals surface area contributed by atoms with Crippen LogP contribution in [0.4, 0.5) is 15.8 Å². The Labute approximate surface area is 169 Å². The standard InChI is InChI=1S/C20H24FN3O4S/c1-13(2)19(23-18(25)11-14-7-5-4-6-8-14)20(26)22-15-9-10-16(21)17(12-15)24-29(3,27)28/h4-10,12-13,19,24H,11H2,1-3H3,(H,22,26)(H,23,25)/t19-/m1/s1. The van der Waals surface area contributed by atoms with Crippen molar-refractivity contribution >= 4 is 33.2 Å². The second kappa shape index (κ2) is 9.51. The van der Waals surface area contributed by atoms with E-state index in [0.29, 0.717) is 0 Å². The molecule has 0 aliphatic rings. The fraction of sp³-hybridized carbons (Fsp3) is 0.300. The van der Waals surface area contributed by atoms with Crippen molar-refractivity contribution in [2.24, 2.45) is 5.92 Å². The minimum atomic E-state index is -3.68. The smallest absolute Gasteiger partial charge is 0.247 e. The van der Waals surface area contributed by atoms with Gasteiger partial charge in [-0.15, -0.1) is 0 Å². The van der Waals surface area contributed by atoms with Gasteiger partial charge in [0.2, 0.25) is 21.8 Å². The Balaban J connectivity index is 2.09. The third kappa shape index (κ3) is 7.19. The van der Waals surface area contributed by atoms with Crippen molar-refractivity contribution in [3.63, 3.8) is 0 Å². The average molecular weight is 421 g/mol. The van der Waals surface area contributed by atoms with Crippen molar-refractivity contribution in [1.82, 2.24) is 5.32 Å². The van der Waals surface area contributed by atoms with Gasteiger partial charge in [-0.1, -0.05) is 44.2 Å². The van der Waals surface area contributed by atoms with Gasteiger partial charge in [0.1, 0.15) is 11.9 Å². The van der Waals surface area contributed by atoms with E-state index in [1.165, 1.54) is 12.1 Å². The van der Waals surface area contributed by atoms with E-state index in [4.69, 9.17) is 0 Å². The van der Waals surface area contributed by atoms with Crippen molar-refractivity contribution < 1.29 is 22.4 Å². The lowest BCUT2D eigenvalue weighted by Crippen LogP contribution is -2.47. The lowest BCUT2D eigenvalue weighted by Gasteiger charge is -2.22. The Morgan fingerprint density at radius 2 is 1.72 bits per heavy atom. The van der Waals surface area contributed by atoms with Crippen LogP contribution in [0, 0.1) is 11.7 Å². The molecule has 2 aromatic rings. The maximum Gasteiger partial charge on any atom is 0.247 e. The summed E-state index contributed by atoms with van der Waals surface area (Å²) in [5, 5.41) is 5.30. The summed E-state index contributed by atoms with van der Waals surface area (Å²) >= 11 is 0. The van der Waals surface area contributed by atoms with Crippen molar-refractivity contribution in [3.8, 4) is 0 Å². The molecule has 0 fully saturated rings. The summed E-state index contributed by atoms with van der Waals surface area (Å²) in [7, 11) is -3.68. The first-order valence-electron chi connectivity index (χ1n) is 8.96. The van der Waals surface area contributed by atoms with Gasteiger partial charge in [0.15, 0.2) is 0 Å². The molecule has 0 saturated carbocycles. The number of amides is 2. The normalized spacial score (nSPS) is 12.3. The number of benzene rings is 2. The van der Waals surface area contributed by atoms with Crippen LogP contribution in [0.5, 0.6) is 0 Å². The van der Waals surface area contributed by atoms with Crippen LogP contribution in [-0.4, -0.2) is 32.5 Å². The number of carbonyl (C=O) groups is 2. The second-order valence-corrected chi connectivity index (χ2v) is 8.76. The first-order valence-corrected chi connectivity index (χ1v) is 10.9. The van der Waals surface area contributed by atoms with Crippen LogP contribution >= 0.6 is 0 Å². The van der Waals surface area contributed by atoms with Crippen LogP contribution in [0.3, 0.4) is 0 Å². The molecule has 7 nitrogen and oxygen atoms in total. The monoisotopic (exact) mass is 421 g/mol. The number of nitrogens with one attached hydrogen (secondary N) is 3. The van der Waals surface area contributed by atoms with E-state index in [1.54, 1.807) is 13.8 Å². The first-order chi connectivity index (χ1) is 13.5. The van der Waals surface area contributed by atoms with Crippen LogP contribution in [0.2, 0.25) is 0 Å². The van der Waals surface area contributed by atoms with Gasteiger partial charge in [-0.05, 0) is 29.7 Å². The van der Waals surface area contributed by atoms with Crippen molar-refractivity contribution in [3.05, 3.63) is 59.9 Å². The van der Waals surface area contributed by atoms with Crippen LogP contribution in [0.25, 0.3) is 0 Å². The molecule has 1 atom stereocenters. The zero-order chi connectivity index (χ0) is 21.6. The quantitative estimate of drug-likeness (QED) is 0.609. The Morgan fingerprint density at radius 3 is 2.31 bits per heavy atom. The van der Waals surface area contributed by atoms with Crippen LogP contribution in [0.15, 0.2) is 48.5 Å². The molecular weight excluding hydrogens is 397 g/mol. The maximum absolute atomic E-state index is 13.8. The SMILES string of the molecule is CC(C)[C@@H](NC(=O)Cc1ccccc1)C(=O)Nc1ccc(F)c(NS(C)(=O)=O)c1. The van der Waals surface area contributed by atoms with E-state index in [1.807, 2.05) is 30.3 Å². The fourth-order valence-electron chi connectivity index (χ4n) is 2.64. The molecule has 0 bridgehead atoms. The molecule has 156 valence electrons. The number of hydrogen-bond acceptors (Lipinski definition) is 4. The zero-order valence-corrected chi connectivity index (χ0v) is 17.2. The largest absolute Gasteiger partial charge is 0.344 e. The number of carbonyl (C=O) groups excluding carboxylic acids is 2. The molecule has 0 aliphatic heterocycles. The molecule has 9 heteroatoms. The fourth-order valence-corrected chi connectivity index (χ4v) is 3.20. The van der Waals surface area contributed by atoms with E-state index in [9.17, 15) is 22.4 Å². The lowest BCUT2D eigenvalue weighted by atomic mass is 10.0. The number of anilines is 2. The molecule has 0 unspecified atom stereocenters. The molecule has 0 radical (unpaired) electrons. The topological polar surface area (TPSA) is 104 Å². The Bertz CT molecular complexity index is 978. The highest BCUT2D eigenvalue weighted by molar-refractivity contribution is 7.92. The predicted molar refractivity (Wildman–Crippen MR) is 110 cm³/mol. The summed E-state index contributed by atoms with van der Waals surface area (Å²) in [6, 6.07) is 11.8. The van der Waals surface area contributed by atoms with Gasteiger partial charge in [-0.25, -0.2) is 12.8 Å². The van der Waals surface area contributed by atoms with Gasteiger partial charge in [0.05, 0.1) is 18.4 Å². The third-order valence-electron chi connectivity index (χ3n) is 4.00. The van der Waals surface area contributed by atoms with Gasteiger partial charge in [0, 0.05) is 5.69 Å². The molecule has 3 N–H and O–H groups in total. The minimum absolute atomic E-state index is 0.135. The number of rotatable bonds is 8. The summed E-state index contributed by atoms with van der Waals surface area (Å²) in [6.45, 7) is 3.57. The predicted octanol–water partition coefficient (Wildman–Crippen LogP) is 2.52. The number of halogens is 1. The Kier molecular flexibility index (Phi) is 7.33. The maximum atomic E-state index is 13.8. The van der Waals surface area contributed by atoms with Crippen LogP contribution < -0.4 is 15.4 Å². The summed E-state index contributed by atoms with van der Waals surface area (Å²) in [5.41, 5.74) is 0.743. The summed E-state index contributed by atoms with van der Waals surface area (Å²) in [4.78, 5) is 25.0. The van der Waals surface area contributed by atoms with Gasteiger partial charge >= 0.3 is 0 Å². The van der Waals surface area contributed by atoms with E-state index >= 15 is 0 Å². The average Bonchev–Trinajstić information content (AvgIpc) is 2.62. The van der Waals surface area contributed by atoms with Gasteiger partial charge in [-0.2, -0.15) is 0 Å². The van der Waals surface area contributed by atoms with Gasteiger partial charge in [-0.3, -0.25) is 14.3 Å². The van der Waals surface area contributed by atoms with E-state index < -0.39 is 27.8 Å². The molecule has 0 aliphatic carbocycles. The Hall–Kier alpha value is -2.94. The lowest BCUT2D eigenvalue weighted by molar-refractivity contribution is -0.127. The molecule has 2 aromatic carbocycles. The van der Waals surface area contributed by atoms with E-state index in [0.717, 1.165) is 17.9 Å². The van der Waals surface area contributed by atoms with Crippen LogP contribution in [0.1, 0.15) is 19.4 Å². The van der Waals surface area contributed by atoms with Gasteiger partial charge < -0.3 is 10.6 Å². The minimum Gasteiger partial charge on any atom is -0.344 e. The van der Waals surface area contributed by atoms with Crippen molar-refractivity contribution in [2.45, 2.75) is 26.3 Å². The summed E-state index contributed by atoms with van der Waals surface area (Å²) in [6.07, 6.45) is 1.03. The van der Waals surface area contributed by atoms with Gasteiger partial charge in [0.25, 0.3) is 0 Å². The molecule has 2 amide bonds. The molecule has 0 saturated heterocycles. The van der Waals surface area contributed by atoms with E-state index in [2.05, 4.69) is 15.4 Å². The first kappa shape index (κ1) is 22.4. The van der Waals surface area contributed by atoms with Crippen molar-refractivity contribution in [1.29, 1.82) is 0 Å². The second-order valence-electron chi connectivity index (χ2n) is 7.01. The Morgan fingerprint density at radius 1 is 1.07 bits per heavy atom. The molecular formula is C20H24FN3O4S. The highest BCUT2D eigenvalue weighted by atomic mass is 32.2. The third-order valence-corrected chi connectivity index (χ3v) is 4.59.